The van der Waals surface area contributed by atoms with Crippen molar-refractivity contribution < 1.29 is 4.74 Å². The molecule has 72 valence electrons. The lowest BCUT2D eigenvalue weighted by Crippen LogP contribution is -2.32. The van der Waals surface area contributed by atoms with Crippen LogP contribution in [0.5, 0.6) is 0 Å². The van der Waals surface area contributed by atoms with Gasteiger partial charge in [-0.15, -0.1) is 0 Å². The lowest BCUT2D eigenvalue weighted by atomic mass is 10.3. The second kappa shape index (κ2) is 4.83. The van der Waals surface area contributed by atoms with Crippen LogP contribution in [0.4, 0.5) is 0 Å². The highest BCUT2D eigenvalue weighted by molar-refractivity contribution is 4.84. The second-order valence-electron chi connectivity index (χ2n) is 3.94. The Kier molecular flexibility index (Phi) is 4.02. The standard InChI is InChI=1S/C10H21NO/c1-4-12-7-9(3)11-6-10-5-8(10)2/h8-11H,4-7H2,1-3H3. The molecule has 0 heterocycles. The maximum Gasteiger partial charge on any atom is 0.0616 e. The van der Waals surface area contributed by atoms with Gasteiger partial charge in [0.2, 0.25) is 0 Å². The van der Waals surface area contributed by atoms with E-state index < -0.39 is 0 Å². The monoisotopic (exact) mass is 171 g/mol. The van der Waals surface area contributed by atoms with Gasteiger partial charge in [0.25, 0.3) is 0 Å². The van der Waals surface area contributed by atoms with Crippen molar-refractivity contribution in [2.24, 2.45) is 11.8 Å². The van der Waals surface area contributed by atoms with Crippen LogP contribution < -0.4 is 5.32 Å². The summed E-state index contributed by atoms with van der Waals surface area (Å²) >= 11 is 0. The van der Waals surface area contributed by atoms with Crippen LogP contribution >= 0.6 is 0 Å². The molecule has 0 aromatic carbocycles. The molecule has 1 saturated carbocycles. The summed E-state index contributed by atoms with van der Waals surface area (Å²) in [4.78, 5) is 0. The third kappa shape index (κ3) is 3.55. The van der Waals surface area contributed by atoms with E-state index in [4.69, 9.17) is 4.74 Å². The van der Waals surface area contributed by atoms with Gasteiger partial charge < -0.3 is 10.1 Å². The molecule has 0 saturated heterocycles. The first kappa shape index (κ1) is 10.0. The van der Waals surface area contributed by atoms with Gasteiger partial charge in [0.1, 0.15) is 0 Å². The van der Waals surface area contributed by atoms with E-state index in [1.165, 1.54) is 13.0 Å². The maximum atomic E-state index is 5.31. The molecule has 1 N–H and O–H groups in total. The molecule has 0 aromatic heterocycles. The molecule has 12 heavy (non-hydrogen) atoms. The minimum absolute atomic E-state index is 0.512. The van der Waals surface area contributed by atoms with Crippen LogP contribution in [0.15, 0.2) is 0 Å². The van der Waals surface area contributed by atoms with Gasteiger partial charge >= 0.3 is 0 Å². The Morgan fingerprint density at radius 2 is 2.25 bits per heavy atom. The molecular formula is C10H21NO. The molecule has 2 nitrogen and oxygen atoms in total. The molecule has 1 fully saturated rings. The highest BCUT2D eigenvalue weighted by atomic mass is 16.5. The van der Waals surface area contributed by atoms with Crippen molar-refractivity contribution in [2.45, 2.75) is 33.2 Å². The van der Waals surface area contributed by atoms with E-state index in [1.54, 1.807) is 0 Å². The Morgan fingerprint density at radius 3 is 2.75 bits per heavy atom. The lowest BCUT2D eigenvalue weighted by Gasteiger charge is -2.12. The summed E-state index contributed by atoms with van der Waals surface area (Å²) in [5.74, 6) is 1.89. The molecular weight excluding hydrogens is 150 g/mol. The van der Waals surface area contributed by atoms with Crippen LogP contribution in [0.1, 0.15) is 27.2 Å². The molecule has 0 spiro atoms. The van der Waals surface area contributed by atoms with E-state index in [0.29, 0.717) is 6.04 Å². The highest BCUT2D eigenvalue weighted by Gasteiger charge is 2.31. The number of ether oxygens (including phenoxy) is 1. The summed E-state index contributed by atoms with van der Waals surface area (Å²) < 4.78 is 5.31. The summed E-state index contributed by atoms with van der Waals surface area (Å²) in [6.45, 7) is 9.39. The average Bonchev–Trinajstić information content (AvgIpc) is 2.75. The molecule has 0 aromatic rings. The molecule has 0 aliphatic heterocycles. The topological polar surface area (TPSA) is 21.3 Å². The number of hydrogen-bond acceptors (Lipinski definition) is 2. The second-order valence-corrected chi connectivity index (χ2v) is 3.94. The van der Waals surface area contributed by atoms with E-state index >= 15 is 0 Å². The molecule has 2 heteroatoms. The Labute approximate surface area is 75.7 Å². The Hall–Kier alpha value is -0.0800. The first-order valence-electron chi connectivity index (χ1n) is 5.05. The number of nitrogens with one attached hydrogen (secondary N) is 1. The Bertz CT molecular complexity index is 127. The Morgan fingerprint density at radius 1 is 1.58 bits per heavy atom. The average molecular weight is 171 g/mol. The molecule has 3 unspecified atom stereocenters. The first-order chi connectivity index (χ1) is 5.74. The normalized spacial score (nSPS) is 30.2. The van der Waals surface area contributed by atoms with E-state index in [9.17, 15) is 0 Å². The first-order valence-corrected chi connectivity index (χ1v) is 5.05. The quantitative estimate of drug-likeness (QED) is 0.656. The van der Waals surface area contributed by atoms with Crippen LogP contribution in [0, 0.1) is 11.8 Å². The highest BCUT2D eigenvalue weighted by Crippen LogP contribution is 2.36. The van der Waals surface area contributed by atoms with Crippen molar-refractivity contribution in [2.75, 3.05) is 19.8 Å². The molecule has 1 aliphatic carbocycles. The maximum absolute atomic E-state index is 5.31. The molecule has 0 bridgehead atoms. The summed E-state index contributed by atoms with van der Waals surface area (Å²) in [6.07, 6.45) is 1.41. The van der Waals surface area contributed by atoms with Crippen LogP contribution in [0.25, 0.3) is 0 Å². The van der Waals surface area contributed by atoms with Crippen molar-refractivity contribution in [3.05, 3.63) is 0 Å². The fourth-order valence-corrected chi connectivity index (χ4v) is 1.39. The molecule has 1 aliphatic rings. The summed E-state index contributed by atoms with van der Waals surface area (Å²) in [5.41, 5.74) is 0. The van der Waals surface area contributed by atoms with Gasteiger partial charge in [0, 0.05) is 12.6 Å². The smallest absolute Gasteiger partial charge is 0.0616 e. The zero-order chi connectivity index (χ0) is 8.97. The van der Waals surface area contributed by atoms with Gasteiger partial charge in [0.05, 0.1) is 6.61 Å². The van der Waals surface area contributed by atoms with Crippen LogP contribution in [-0.2, 0) is 4.74 Å². The van der Waals surface area contributed by atoms with Crippen molar-refractivity contribution in [1.29, 1.82) is 0 Å². The molecule has 0 radical (unpaired) electrons. The van der Waals surface area contributed by atoms with Crippen LogP contribution in [-0.4, -0.2) is 25.8 Å². The van der Waals surface area contributed by atoms with Crippen LogP contribution in [0.2, 0.25) is 0 Å². The largest absolute Gasteiger partial charge is 0.380 e. The molecule has 3 atom stereocenters. The number of rotatable bonds is 6. The summed E-state index contributed by atoms with van der Waals surface area (Å²) in [7, 11) is 0. The lowest BCUT2D eigenvalue weighted by molar-refractivity contribution is 0.127. The van der Waals surface area contributed by atoms with Crippen molar-refractivity contribution in [3.63, 3.8) is 0 Å². The predicted octanol–water partition coefficient (Wildman–Crippen LogP) is 1.66. The predicted molar refractivity (Wildman–Crippen MR) is 51.2 cm³/mol. The Balaban J connectivity index is 1.91. The van der Waals surface area contributed by atoms with Crippen molar-refractivity contribution in [3.8, 4) is 0 Å². The zero-order valence-corrected chi connectivity index (χ0v) is 8.47. The summed E-state index contributed by atoms with van der Waals surface area (Å²) in [5, 5.41) is 3.48. The van der Waals surface area contributed by atoms with E-state index in [2.05, 4.69) is 19.2 Å². The van der Waals surface area contributed by atoms with E-state index in [1.807, 2.05) is 6.92 Å². The van der Waals surface area contributed by atoms with E-state index in [0.717, 1.165) is 25.0 Å². The molecule has 0 amide bonds. The zero-order valence-electron chi connectivity index (χ0n) is 8.47. The van der Waals surface area contributed by atoms with Crippen LogP contribution in [0.3, 0.4) is 0 Å². The van der Waals surface area contributed by atoms with Gasteiger partial charge in [-0.3, -0.25) is 0 Å². The van der Waals surface area contributed by atoms with Gasteiger partial charge in [-0.05, 0) is 38.6 Å². The van der Waals surface area contributed by atoms with Crippen molar-refractivity contribution >= 4 is 0 Å². The van der Waals surface area contributed by atoms with Gasteiger partial charge in [-0.1, -0.05) is 6.92 Å². The van der Waals surface area contributed by atoms with Gasteiger partial charge in [-0.25, -0.2) is 0 Å². The number of hydrogen-bond donors (Lipinski definition) is 1. The third-order valence-electron chi connectivity index (χ3n) is 2.58. The molecule has 1 rings (SSSR count). The van der Waals surface area contributed by atoms with Gasteiger partial charge in [0.15, 0.2) is 0 Å². The fraction of sp³-hybridized carbons (Fsp3) is 1.00. The summed E-state index contributed by atoms with van der Waals surface area (Å²) in [6, 6.07) is 0.512. The minimum Gasteiger partial charge on any atom is -0.380 e. The third-order valence-corrected chi connectivity index (χ3v) is 2.58. The van der Waals surface area contributed by atoms with Gasteiger partial charge in [-0.2, -0.15) is 0 Å². The SMILES string of the molecule is CCOCC(C)NCC1CC1C. The fourth-order valence-electron chi connectivity index (χ4n) is 1.39. The van der Waals surface area contributed by atoms with Crippen molar-refractivity contribution in [1.82, 2.24) is 5.32 Å². The minimum atomic E-state index is 0.512. The van der Waals surface area contributed by atoms with E-state index in [-0.39, 0.29) is 0 Å².